The topological polar surface area (TPSA) is 52.3 Å². The van der Waals surface area contributed by atoms with E-state index in [0.717, 1.165) is 26.4 Å². The van der Waals surface area contributed by atoms with Crippen LogP contribution in [-0.2, 0) is 0 Å². The zero-order chi connectivity index (χ0) is 14.4. The van der Waals surface area contributed by atoms with Gasteiger partial charge >= 0.3 is 0 Å². The Hall–Kier alpha value is -2.04. The largest absolute Gasteiger partial charge is 0.459 e. The number of hydrogen-bond acceptors (Lipinski definition) is 3. The van der Waals surface area contributed by atoms with Crippen molar-refractivity contribution in [3.05, 3.63) is 70.6 Å². The number of para-hydroxylation sites is 2. The number of rotatable bonds is 2. The number of furan rings is 2. The van der Waals surface area contributed by atoms with Crippen molar-refractivity contribution < 1.29 is 8.83 Å². The first-order valence-electron chi connectivity index (χ1n) is 6.64. The lowest BCUT2D eigenvalue weighted by Crippen LogP contribution is -2.09. The summed E-state index contributed by atoms with van der Waals surface area (Å²) in [6.07, 6.45) is 0. The van der Waals surface area contributed by atoms with Gasteiger partial charge in [-0.25, -0.2) is 0 Å². The maximum absolute atomic E-state index is 6.29. The fraction of sp³-hybridized carbons (Fsp3) is 0.0588. The van der Waals surface area contributed by atoms with Crippen molar-refractivity contribution in [2.45, 2.75) is 6.04 Å². The minimum Gasteiger partial charge on any atom is -0.459 e. The molecule has 0 bridgehead atoms. The van der Waals surface area contributed by atoms with Gasteiger partial charge in [0.15, 0.2) is 0 Å². The highest BCUT2D eigenvalue weighted by Gasteiger charge is 2.19. The first kappa shape index (κ1) is 12.7. The molecule has 0 amide bonds. The Bertz CT molecular complexity index is 905. The molecule has 4 heteroatoms. The van der Waals surface area contributed by atoms with Gasteiger partial charge < -0.3 is 14.6 Å². The zero-order valence-corrected chi connectivity index (χ0v) is 12.6. The average Bonchev–Trinajstić information content (AvgIpc) is 3.11. The fourth-order valence-electron chi connectivity index (χ4n) is 2.50. The van der Waals surface area contributed by atoms with E-state index in [1.807, 2.05) is 54.6 Å². The monoisotopic (exact) mass is 341 g/mol. The molecule has 4 aromatic rings. The normalized spacial score (nSPS) is 13.0. The molecule has 3 nitrogen and oxygen atoms in total. The van der Waals surface area contributed by atoms with E-state index >= 15 is 0 Å². The van der Waals surface area contributed by atoms with E-state index in [2.05, 4.69) is 15.9 Å². The molecule has 21 heavy (non-hydrogen) atoms. The minimum absolute atomic E-state index is 0.420. The third-order valence-corrected chi connectivity index (χ3v) is 4.20. The second-order valence-electron chi connectivity index (χ2n) is 4.97. The molecule has 0 aliphatic heterocycles. The summed E-state index contributed by atoms with van der Waals surface area (Å²) in [4.78, 5) is 0. The number of hydrogen-bond donors (Lipinski definition) is 1. The maximum Gasteiger partial charge on any atom is 0.148 e. The third kappa shape index (κ3) is 2.07. The van der Waals surface area contributed by atoms with Crippen molar-refractivity contribution in [1.29, 1.82) is 0 Å². The van der Waals surface area contributed by atoms with Crippen LogP contribution in [0.15, 0.2) is 67.9 Å². The molecule has 104 valence electrons. The van der Waals surface area contributed by atoms with E-state index in [0.29, 0.717) is 11.5 Å². The van der Waals surface area contributed by atoms with E-state index in [1.165, 1.54) is 0 Å². The summed E-state index contributed by atoms with van der Waals surface area (Å²) in [6, 6.07) is 17.3. The molecule has 2 heterocycles. The van der Waals surface area contributed by atoms with Crippen molar-refractivity contribution in [2.24, 2.45) is 5.73 Å². The highest BCUT2D eigenvalue weighted by Crippen LogP contribution is 2.32. The smallest absolute Gasteiger partial charge is 0.148 e. The molecule has 0 fully saturated rings. The highest BCUT2D eigenvalue weighted by molar-refractivity contribution is 9.10. The van der Waals surface area contributed by atoms with Gasteiger partial charge in [-0.05, 0) is 40.2 Å². The number of fused-ring (bicyclic) bond motifs is 2. The Morgan fingerprint density at radius 3 is 2.38 bits per heavy atom. The number of halogens is 1. The van der Waals surface area contributed by atoms with Gasteiger partial charge in [-0.1, -0.05) is 30.3 Å². The van der Waals surface area contributed by atoms with Gasteiger partial charge in [-0.2, -0.15) is 0 Å². The Labute approximate surface area is 129 Å². The van der Waals surface area contributed by atoms with Gasteiger partial charge in [0.2, 0.25) is 0 Å². The van der Waals surface area contributed by atoms with Crippen LogP contribution in [-0.4, -0.2) is 0 Å². The summed E-state index contributed by atoms with van der Waals surface area (Å²) in [5.41, 5.74) is 7.93. The first-order valence-corrected chi connectivity index (χ1v) is 7.44. The van der Waals surface area contributed by atoms with Crippen molar-refractivity contribution in [3.8, 4) is 0 Å². The van der Waals surface area contributed by atoms with Gasteiger partial charge in [0.25, 0.3) is 0 Å². The van der Waals surface area contributed by atoms with Crippen molar-refractivity contribution in [3.63, 3.8) is 0 Å². The van der Waals surface area contributed by atoms with E-state index in [4.69, 9.17) is 14.6 Å². The summed E-state index contributed by atoms with van der Waals surface area (Å²) < 4.78 is 12.6. The SMILES string of the molecule is NC(c1cc2ccccc2o1)c1cc2cccc(Br)c2o1. The van der Waals surface area contributed by atoms with Crippen LogP contribution in [0, 0.1) is 0 Å². The van der Waals surface area contributed by atoms with Crippen molar-refractivity contribution in [2.75, 3.05) is 0 Å². The number of nitrogens with two attached hydrogens (primary N) is 1. The lowest BCUT2D eigenvalue weighted by atomic mass is 10.1. The summed E-state index contributed by atoms with van der Waals surface area (Å²) >= 11 is 3.49. The molecule has 2 aromatic heterocycles. The van der Waals surface area contributed by atoms with E-state index in [9.17, 15) is 0 Å². The predicted molar refractivity (Wildman–Crippen MR) is 86.2 cm³/mol. The maximum atomic E-state index is 6.29. The quantitative estimate of drug-likeness (QED) is 0.558. The van der Waals surface area contributed by atoms with Crippen LogP contribution in [0.2, 0.25) is 0 Å². The molecule has 1 atom stereocenters. The Morgan fingerprint density at radius 2 is 1.57 bits per heavy atom. The van der Waals surface area contributed by atoms with Gasteiger partial charge in [0.05, 0.1) is 4.47 Å². The standard InChI is InChI=1S/C17H12BrNO2/c18-12-6-3-5-11-9-15(21-17(11)12)16(19)14-8-10-4-1-2-7-13(10)20-14/h1-9,16H,19H2. The molecule has 0 saturated heterocycles. The van der Waals surface area contributed by atoms with Gasteiger partial charge in [0.1, 0.15) is 28.7 Å². The van der Waals surface area contributed by atoms with Crippen LogP contribution in [0.25, 0.3) is 21.9 Å². The summed E-state index contributed by atoms with van der Waals surface area (Å²) in [5.74, 6) is 1.39. The predicted octanol–water partition coefficient (Wildman–Crippen LogP) is 4.99. The Balaban J connectivity index is 1.81. The molecule has 4 rings (SSSR count). The average molecular weight is 342 g/mol. The fourth-order valence-corrected chi connectivity index (χ4v) is 2.96. The molecule has 0 spiro atoms. The zero-order valence-electron chi connectivity index (χ0n) is 11.0. The second kappa shape index (κ2) is 4.76. The van der Waals surface area contributed by atoms with E-state index in [-0.39, 0.29) is 0 Å². The van der Waals surface area contributed by atoms with E-state index < -0.39 is 6.04 Å². The van der Waals surface area contributed by atoms with Crippen LogP contribution in [0.5, 0.6) is 0 Å². The molecule has 2 aromatic carbocycles. The molecule has 1 unspecified atom stereocenters. The van der Waals surface area contributed by atoms with Crippen molar-refractivity contribution >= 4 is 37.9 Å². The van der Waals surface area contributed by atoms with Crippen LogP contribution < -0.4 is 5.73 Å². The van der Waals surface area contributed by atoms with E-state index in [1.54, 1.807) is 0 Å². The van der Waals surface area contributed by atoms with Gasteiger partial charge in [0, 0.05) is 10.8 Å². The molecule has 0 aliphatic carbocycles. The molecule has 0 saturated carbocycles. The molecule has 0 aliphatic rings. The van der Waals surface area contributed by atoms with Gasteiger partial charge in [-0.15, -0.1) is 0 Å². The minimum atomic E-state index is -0.420. The number of benzene rings is 2. The van der Waals surface area contributed by atoms with Crippen LogP contribution >= 0.6 is 15.9 Å². The van der Waals surface area contributed by atoms with Crippen LogP contribution in [0.1, 0.15) is 17.6 Å². The molecular formula is C17H12BrNO2. The van der Waals surface area contributed by atoms with Gasteiger partial charge in [-0.3, -0.25) is 0 Å². The first-order chi connectivity index (χ1) is 10.2. The highest BCUT2D eigenvalue weighted by atomic mass is 79.9. The van der Waals surface area contributed by atoms with Crippen LogP contribution in [0.4, 0.5) is 0 Å². The van der Waals surface area contributed by atoms with Crippen LogP contribution in [0.3, 0.4) is 0 Å². The third-order valence-electron chi connectivity index (χ3n) is 3.57. The lowest BCUT2D eigenvalue weighted by molar-refractivity contribution is 0.462. The molecular weight excluding hydrogens is 330 g/mol. The molecule has 2 N–H and O–H groups in total. The van der Waals surface area contributed by atoms with Crippen molar-refractivity contribution in [1.82, 2.24) is 0 Å². The molecule has 0 radical (unpaired) electrons. The summed E-state index contributed by atoms with van der Waals surface area (Å²) in [6.45, 7) is 0. The lowest BCUT2D eigenvalue weighted by Gasteiger charge is -2.03. The second-order valence-corrected chi connectivity index (χ2v) is 5.83. The Morgan fingerprint density at radius 1 is 0.857 bits per heavy atom. The Kier molecular flexibility index (Phi) is 2.87. The summed E-state index contributed by atoms with van der Waals surface area (Å²) in [5, 5.41) is 2.06. The summed E-state index contributed by atoms with van der Waals surface area (Å²) in [7, 11) is 0.